The van der Waals surface area contributed by atoms with Crippen molar-refractivity contribution in [3.63, 3.8) is 0 Å². The van der Waals surface area contributed by atoms with Gasteiger partial charge in [-0.15, -0.1) is 0 Å². The highest BCUT2D eigenvalue weighted by atomic mass is 28.4. The van der Waals surface area contributed by atoms with Crippen molar-refractivity contribution in [1.82, 2.24) is 0 Å². The SMILES string of the molecule is Cc1cc2c(c(O[Si](C)(C)C)c1)C(=O)c1c(cccc1O[Si](C)(C)C)C2. The molecule has 0 aromatic heterocycles. The molecular weight excluding hydrogens is 356 g/mol. The first-order valence-electron chi connectivity index (χ1n) is 9.13. The van der Waals surface area contributed by atoms with E-state index in [0.717, 1.165) is 40.2 Å². The number of benzene rings is 2. The van der Waals surface area contributed by atoms with Gasteiger partial charge < -0.3 is 8.85 Å². The fraction of sp³-hybridized carbons (Fsp3) is 0.381. The first kappa shape index (κ1) is 18.9. The quantitative estimate of drug-likeness (QED) is 0.553. The molecule has 2 aromatic carbocycles. The predicted molar refractivity (Wildman–Crippen MR) is 112 cm³/mol. The number of aryl methyl sites for hydroxylation is 1. The lowest BCUT2D eigenvalue weighted by Crippen LogP contribution is -2.32. The van der Waals surface area contributed by atoms with E-state index in [0.29, 0.717) is 5.56 Å². The van der Waals surface area contributed by atoms with Crippen LogP contribution in [-0.4, -0.2) is 22.4 Å². The van der Waals surface area contributed by atoms with E-state index in [4.69, 9.17) is 8.85 Å². The number of carbonyl (C=O) groups excluding carboxylic acids is 1. The summed E-state index contributed by atoms with van der Waals surface area (Å²) in [6, 6.07) is 10.1. The summed E-state index contributed by atoms with van der Waals surface area (Å²) in [5.41, 5.74) is 4.66. The number of fused-ring (bicyclic) bond motifs is 2. The first-order valence-corrected chi connectivity index (χ1v) is 15.9. The van der Waals surface area contributed by atoms with Crippen molar-refractivity contribution in [1.29, 1.82) is 0 Å². The maximum atomic E-state index is 13.5. The zero-order chi connectivity index (χ0) is 19.3. The molecule has 0 amide bonds. The molecule has 3 rings (SSSR count). The van der Waals surface area contributed by atoms with Crippen LogP contribution in [0.25, 0.3) is 0 Å². The summed E-state index contributed by atoms with van der Waals surface area (Å²) < 4.78 is 12.5. The minimum Gasteiger partial charge on any atom is -0.544 e. The lowest BCUT2D eigenvalue weighted by Gasteiger charge is -2.28. The van der Waals surface area contributed by atoms with Gasteiger partial charge in [-0.1, -0.05) is 18.2 Å². The highest BCUT2D eigenvalue weighted by Gasteiger charge is 2.32. The molecule has 0 radical (unpaired) electrons. The number of rotatable bonds is 4. The minimum absolute atomic E-state index is 0.0309. The van der Waals surface area contributed by atoms with Crippen LogP contribution in [0.1, 0.15) is 32.6 Å². The number of hydrogen-bond donors (Lipinski definition) is 0. The maximum Gasteiger partial charge on any atom is 0.242 e. The van der Waals surface area contributed by atoms with Crippen LogP contribution in [0.3, 0.4) is 0 Å². The van der Waals surface area contributed by atoms with Crippen molar-refractivity contribution in [2.24, 2.45) is 0 Å². The van der Waals surface area contributed by atoms with Crippen LogP contribution in [0.15, 0.2) is 30.3 Å². The van der Waals surface area contributed by atoms with Gasteiger partial charge in [0.15, 0.2) is 0 Å². The van der Waals surface area contributed by atoms with Crippen molar-refractivity contribution >= 4 is 22.4 Å². The number of hydrogen-bond acceptors (Lipinski definition) is 3. The first-order chi connectivity index (χ1) is 11.9. The molecule has 0 unspecified atom stereocenters. The van der Waals surface area contributed by atoms with Crippen molar-refractivity contribution in [3.05, 3.63) is 58.1 Å². The lowest BCUT2D eigenvalue weighted by molar-refractivity contribution is 0.103. The number of carbonyl (C=O) groups is 1. The Morgan fingerprint density at radius 1 is 0.808 bits per heavy atom. The van der Waals surface area contributed by atoms with E-state index in [2.05, 4.69) is 52.3 Å². The van der Waals surface area contributed by atoms with Gasteiger partial charge in [0.2, 0.25) is 22.4 Å². The van der Waals surface area contributed by atoms with Gasteiger partial charge in [0.1, 0.15) is 11.5 Å². The Hall–Kier alpha value is -1.86. The zero-order valence-electron chi connectivity index (χ0n) is 16.8. The Morgan fingerprint density at radius 2 is 1.38 bits per heavy atom. The van der Waals surface area contributed by atoms with Gasteiger partial charge >= 0.3 is 0 Å². The van der Waals surface area contributed by atoms with Crippen LogP contribution < -0.4 is 8.85 Å². The average Bonchev–Trinajstić information content (AvgIpc) is 2.42. The molecule has 0 heterocycles. The standard InChI is InChI=1S/C21H28O3Si2/c1-14-11-16-13-15-9-8-10-17(23-25(2,3)4)19(15)21(22)20(16)18(12-14)24-26(5,6)7/h8-12H,13H2,1-7H3. The highest BCUT2D eigenvalue weighted by Crippen LogP contribution is 2.39. The third kappa shape index (κ3) is 3.94. The Labute approximate surface area is 158 Å². The largest absolute Gasteiger partial charge is 0.544 e. The van der Waals surface area contributed by atoms with Gasteiger partial charge in [0, 0.05) is 0 Å². The smallest absolute Gasteiger partial charge is 0.242 e. The second-order valence-electron chi connectivity index (χ2n) is 9.02. The molecule has 0 atom stereocenters. The molecule has 0 fully saturated rings. The molecule has 26 heavy (non-hydrogen) atoms. The van der Waals surface area contributed by atoms with E-state index in [1.807, 2.05) is 24.3 Å². The molecule has 0 N–H and O–H groups in total. The Morgan fingerprint density at radius 3 is 2.00 bits per heavy atom. The van der Waals surface area contributed by atoms with Crippen LogP contribution in [0.5, 0.6) is 11.5 Å². The van der Waals surface area contributed by atoms with Gasteiger partial charge in [-0.2, -0.15) is 0 Å². The summed E-state index contributed by atoms with van der Waals surface area (Å²) in [4.78, 5) is 13.5. The molecule has 3 nitrogen and oxygen atoms in total. The predicted octanol–water partition coefficient (Wildman–Crippen LogP) is 5.56. The monoisotopic (exact) mass is 384 g/mol. The second-order valence-corrected chi connectivity index (χ2v) is 17.9. The van der Waals surface area contributed by atoms with Crippen LogP contribution >= 0.6 is 0 Å². The van der Waals surface area contributed by atoms with Crippen LogP contribution in [0, 0.1) is 6.92 Å². The van der Waals surface area contributed by atoms with E-state index >= 15 is 0 Å². The van der Waals surface area contributed by atoms with Gasteiger partial charge in [-0.25, -0.2) is 0 Å². The highest BCUT2D eigenvalue weighted by molar-refractivity contribution is 6.71. The van der Waals surface area contributed by atoms with Crippen molar-refractivity contribution < 1.29 is 13.6 Å². The molecular formula is C21H28O3Si2. The zero-order valence-corrected chi connectivity index (χ0v) is 18.8. The van der Waals surface area contributed by atoms with Crippen molar-refractivity contribution in [2.75, 3.05) is 0 Å². The van der Waals surface area contributed by atoms with Crippen LogP contribution in [0.4, 0.5) is 0 Å². The summed E-state index contributed by atoms with van der Waals surface area (Å²) in [6.45, 7) is 14.9. The summed E-state index contributed by atoms with van der Waals surface area (Å²) in [5, 5.41) is 0. The topological polar surface area (TPSA) is 35.5 Å². The molecule has 0 bridgehead atoms. The fourth-order valence-electron chi connectivity index (χ4n) is 3.36. The summed E-state index contributed by atoms with van der Waals surface area (Å²) in [6.07, 6.45) is 0.739. The molecule has 0 saturated carbocycles. The minimum atomic E-state index is -1.83. The Kier molecular flexibility index (Phi) is 4.65. The molecule has 0 spiro atoms. The second kappa shape index (κ2) is 6.39. The molecule has 1 aliphatic rings. The molecule has 5 heteroatoms. The van der Waals surface area contributed by atoms with Crippen LogP contribution in [-0.2, 0) is 6.42 Å². The van der Waals surface area contributed by atoms with E-state index in [-0.39, 0.29) is 5.78 Å². The molecule has 2 aromatic rings. The van der Waals surface area contributed by atoms with E-state index in [9.17, 15) is 4.79 Å². The molecule has 0 aliphatic heterocycles. The molecule has 138 valence electrons. The molecule has 1 aliphatic carbocycles. The molecule has 0 saturated heterocycles. The third-order valence-corrected chi connectivity index (χ3v) is 5.77. The van der Waals surface area contributed by atoms with Gasteiger partial charge in [-0.05, 0) is 81.4 Å². The summed E-state index contributed by atoms with van der Waals surface area (Å²) in [7, 11) is -3.65. The average molecular weight is 385 g/mol. The van der Waals surface area contributed by atoms with Gasteiger partial charge in [0.05, 0.1) is 11.1 Å². The van der Waals surface area contributed by atoms with E-state index in [1.165, 1.54) is 0 Å². The summed E-state index contributed by atoms with van der Waals surface area (Å²) >= 11 is 0. The van der Waals surface area contributed by atoms with Gasteiger partial charge in [0.25, 0.3) is 0 Å². The normalized spacial score (nSPS) is 13.9. The number of ketones is 1. The van der Waals surface area contributed by atoms with Crippen molar-refractivity contribution in [3.8, 4) is 11.5 Å². The maximum absolute atomic E-state index is 13.5. The third-order valence-electron chi connectivity index (χ3n) is 4.11. The van der Waals surface area contributed by atoms with E-state index < -0.39 is 16.6 Å². The Balaban J connectivity index is 2.15. The van der Waals surface area contributed by atoms with Gasteiger partial charge in [-0.3, -0.25) is 4.79 Å². The lowest BCUT2D eigenvalue weighted by atomic mass is 9.83. The van der Waals surface area contributed by atoms with Crippen LogP contribution in [0.2, 0.25) is 39.3 Å². The van der Waals surface area contributed by atoms with Crippen molar-refractivity contribution in [2.45, 2.75) is 52.6 Å². The summed E-state index contributed by atoms with van der Waals surface area (Å²) in [5.74, 6) is 1.48. The Bertz CT molecular complexity index is 874. The fourth-order valence-corrected chi connectivity index (χ4v) is 5.01. The van der Waals surface area contributed by atoms with E-state index in [1.54, 1.807) is 0 Å².